The molecule has 2 aromatic rings. The molecule has 2 rings (SSSR count). The number of hydrogen-bond acceptors (Lipinski definition) is 4. The minimum Gasteiger partial charge on any atom is -0.335 e. The van der Waals surface area contributed by atoms with Gasteiger partial charge in [0, 0.05) is 31.6 Å². The van der Waals surface area contributed by atoms with Gasteiger partial charge in [0.2, 0.25) is 0 Å². The fourth-order valence-electron chi connectivity index (χ4n) is 2.02. The smallest absolute Gasteiger partial charge is 0.129 e. The molecule has 1 unspecified atom stereocenters. The molecule has 0 spiro atoms. The van der Waals surface area contributed by atoms with E-state index in [-0.39, 0.29) is 6.04 Å². The Morgan fingerprint density at radius 2 is 2.26 bits per heavy atom. The molecule has 0 aromatic carbocycles. The van der Waals surface area contributed by atoms with Gasteiger partial charge in [-0.3, -0.25) is 11.3 Å². The maximum Gasteiger partial charge on any atom is 0.129 e. The number of halogens is 1. The van der Waals surface area contributed by atoms with Crippen molar-refractivity contribution >= 4 is 11.6 Å². The van der Waals surface area contributed by atoms with Crippen LogP contribution >= 0.6 is 11.6 Å². The Labute approximate surface area is 117 Å². The van der Waals surface area contributed by atoms with Crippen molar-refractivity contribution in [2.45, 2.75) is 32.4 Å². The van der Waals surface area contributed by atoms with E-state index in [1.807, 2.05) is 18.5 Å². The summed E-state index contributed by atoms with van der Waals surface area (Å²) in [7, 11) is 0. The van der Waals surface area contributed by atoms with Crippen LogP contribution in [-0.4, -0.2) is 14.5 Å². The number of hydrazine groups is 1. The molecular formula is C13H18ClN5. The maximum atomic E-state index is 5.79. The van der Waals surface area contributed by atoms with Crippen molar-refractivity contribution < 1.29 is 0 Å². The fraction of sp³-hybridized carbons (Fsp3) is 0.385. The standard InChI is InChI=1S/C13H18ClN5/c1-2-6-19-7-5-16-13(19)8-11(18-15)10-3-4-12(14)17-9-10/h3-5,7,9,11,18H,2,6,8,15H2,1H3. The molecule has 19 heavy (non-hydrogen) atoms. The van der Waals surface area contributed by atoms with Gasteiger partial charge in [-0.05, 0) is 18.1 Å². The van der Waals surface area contributed by atoms with Crippen LogP contribution in [0.4, 0.5) is 0 Å². The molecule has 102 valence electrons. The number of rotatable bonds is 6. The average Bonchev–Trinajstić information content (AvgIpc) is 2.85. The van der Waals surface area contributed by atoms with E-state index in [1.54, 1.807) is 12.3 Å². The second-order valence-corrected chi connectivity index (χ2v) is 4.76. The van der Waals surface area contributed by atoms with Crippen LogP contribution in [-0.2, 0) is 13.0 Å². The zero-order valence-corrected chi connectivity index (χ0v) is 11.6. The van der Waals surface area contributed by atoms with Crippen molar-refractivity contribution in [3.05, 3.63) is 47.3 Å². The molecule has 0 radical (unpaired) electrons. The van der Waals surface area contributed by atoms with E-state index in [4.69, 9.17) is 17.4 Å². The molecule has 0 saturated carbocycles. The summed E-state index contributed by atoms with van der Waals surface area (Å²) >= 11 is 5.79. The Morgan fingerprint density at radius 1 is 1.42 bits per heavy atom. The van der Waals surface area contributed by atoms with Gasteiger partial charge >= 0.3 is 0 Å². The van der Waals surface area contributed by atoms with Crippen molar-refractivity contribution in [1.29, 1.82) is 0 Å². The first-order chi connectivity index (χ1) is 9.24. The number of aromatic nitrogens is 3. The van der Waals surface area contributed by atoms with Crippen LogP contribution in [0.25, 0.3) is 0 Å². The molecule has 0 aliphatic heterocycles. The summed E-state index contributed by atoms with van der Waals surface area (Å²) in [5.74, 6) is 6.65. The number of nitrogens with zero attached hydrogens (tertiary/aromatic N) is 3. The lowest BCUT2D eigenvalue weighted by atomic mass is 10.1. The molecule has 2 heterocycles. The van der Waals surface area contributed by atoms with E-state index in [1.165, 1.54) is 0 Å². The first-order valence-corrected chi connectivity index (χ1v) is 6.70. The van der Waals surface area contributed by atoms with E-state index in [0.717, 1.165) is 24.4 Å². The van der Waals surface area contributed by atoms with Crippen LogP contribution in [0.2, 0.25) is 5.15 Å². The molecule has 0 saturated heterocycles. The van der Waals surface area contributed by atoms with Gasteiger partial charge in [0.15, 0.2) is 0 Å². The van der Waals surface area contributed by atoms with Crippen molar-refractivity contribution in [1.82, 2.24) is 20.0 Å². The lowest BCUT2D eigenvalue weighted by molar-refractivity contribution is 0.516. The van der Waals surface area contributed by atoms with Gasteiger partial charge in [0.25, 0.3) is 0 Å². The van der Waals surface area contributed by atoms with Gasteiger partial charge < -0.3 is 4.57 Å². The summed E-state index contributed by atoms with van der Waals surface area (Å²) in [6, 6.07) is 3.66. The third-order valence-corrected chi connectivity index (χ3v) is 3.23. The number of nitrogens with two attached hydrogens (primary N) is 1. The Balaban J connectivity index is 2.14. The van der Waals surface area contributed by atoms with E-state index in [0.29, 0.717) is 11.6 Å². The highest BCUT2D eigenvalue weighted by atomic mass is 35.5. The van der Waals surface area contributed by atoms with E-state index in [9.17, 15) is 0 Å². The lowest BCUT2D eigenvalue weighted by Crippen LogP contribution is -2.30. The largest absolute Gasteiger partial charge is 0.335 e. The number of hydrogen-bond donors (Lipinski definition) is 2. The molecule has 0 bridgehead atoms. The first-order valence-electron chi connectivity index (χ1n) is 6.32. The normalized spacial score (nSPS) is 12.6. The molecule has 3 N–H and O–H groups in total. The van der Waals surface area contributed by atoms with Crippen molar-refractivity contribution in [2.75, 3.05) is 0 Å². The molecule has 0 fully saturated rings. The molecule has 0 aliphatic carbocycles. The van der Waals surface area contributed by atoms with E-state index in [2.05, 4.69) is 26.9 Å². The van der Waals surface area contributed by atoms with Crippen molar-refractivity contribution in [2.24, 2.45) is 5.84 Å². The zero-order valence-electron chi connectivity index (χ0n) is 10.9. The minimum absolute atomic E-state index is 0.0252. The maximum absolute atomic E-state index is 5.79. The molecule has 1 atom stereocenters. The van der Waals surface area contributed by atoms with Crippen molar-refractivity contribution in [3.63, 3.8) is 0 Å². The second-order valence-electron chi connectivity index (χ2n) is 4.37. The van der Waals surface area contributed by atoms with Crippen LogP contribution in [0, 0.1) is 0 Å². The third-order valence-electron chi connectivity index (χ3n) is 3.01. The summed E-state index contributed by atoms with van der Waals surface area (Å²) in [6.07, 6.45) is 7.34. The van der Waals surface area contributed by atoms with Gasteiger partial charge in [0.1, 0.15) is 11.0 Å². The predicted molar refractivity (Wildman–Crippen MR) is 75.5 cm³/mol. The van der Waals surface area contributed by atoms with Crippen LogP contribution in [0.1, 0.15) is 30.8 Å². The fourth-order valence-corrected chi connectivity index (χ4v) is 2.14. The molecular weight excluding hydrogens is 262 g/mol. The van der Waals surface area contributed by atoms with E-state index >= 15 is 0 Å². The lowest BCUT2D eigenvalue weighted by Gasteiger charge is -2.16. The third kappa shape index (κ3) is 3.53. The monoisotopic (exact) mass is 279 g/mol. The van der Waals surface area contributed by atoms with Crippen LogP contribution in [0.5, 0.6) is 0 Å². The molecule has 5 nitrogen and oxygen atoms in total. The van der Waals surface area contributed by atoms with Gasteiger partial charge in [-0.2, -0.15) is 0 Å². The Kier molecular flexibility index (Phi) is 4.90. The topological polar surface area (TPSA) is 68.8 Å². The van der Waals surface area contributed by atoms with Gasteiger partial charge in [-0.25, -0.2) is 9.97 Å². The van der Waals surface area contributed by atoms with Gasteiger partial charge in [0.05, 0.1) is 6.04 Å². The van der Waals surface area contributed by atoms with Gasteiger partial charge in [-0.1, -0.05) is 24.6 Å². The average molecular weight is 280 g/mol. The minimum atomic E-state index is -0.0252. The molecule has 2 aromatic heterocycles. The Bertz CT molecular complexity index is 508. The molecule has 0 amide bonds. The Hall–Kier alpha value is -1.43. The highest BCUT2D eigenvalue weighted by Gasteiger charge is 2.14. The number of aryl methyl sites for hydroxylation is 1. The van der Waals surface area contributed by atoms with Crippen LogP contribution in [0.3, 0.4) is 0 Å². The quantitative estimate of drug-likeness (QED) is 0.483. The highest BCUT2D eigenvalue weighted by Crippen LogP contribution is 2.17. The second kappa shape index (κ2) is 6.65. The SMILES string of the molecule is CCCn1ccnc1CC(NN)c1ccc(Cl)nc1. The van der Waals surface area contributed by atoms with Crippen molar-refractivity contribution in [3.8, 4) is 0 Å². The number of imidazole rings is 1. The summed E-state index contributed by atoms with van der Waals surface area (Å²) in [4.78, 5) is 8.47. The van der Waals surface area contributed by atoms with Crippen LogP contribution in [0.15, 0.2) is 30.7 Å². The predicted octanol–water partition coefficient (Wildman–Crippen LogP) is 2.09. The number of pyridine rings is 1. The summed E-state index contributed by atoms with van der Waals surface area (Å²) < 4.78 is 2.15. The summed E-state index contributed by atoms with van der Waals surface area (Å²) in [5, 5.41) is 0.479. The molecule has 6 heteroatoms. The summed E-state index contributed by atoms with van der Waals surface area (Å²) in [6.45, 7) is 3.11. The zero-order chi connectivity index (χ0) is 13.7. The highest BCUT2D eigenvalue weighted by molar-refractivity contribution is 6.29. The number of nitrogens with one attached hydrogen (secondary N) is 1. The molecule has 0 aliphatic rings. The van der Waals surface area contributed by atoms with E-state index < -0.39 is 0 Å². The summed E-state index contributed by atoms with van der Waals surface area (Å²) in [5.41, 5.74) is 3.81. The van der Waals surface area contributed by atoms with Gasteiger partial charge in [-0.15, -0.1) is 0 Å². The Morgan fingerprint density at radius 3 is 2.89 bits per heavy atom. The first kappa shape index (κ1) is 14.0. The van der Waals surface area contributed by atoms with Crippen LogP contribution < -0.4 is 11.3 Å².